The fraction of sp³-hybridized carbons (Fsp3) is 0.812. The molecule has 0 radical (unpaired) electrons. The highest BCUT2D eigenvalue weighted by Gasteiger charge is 2.56. The Morgan fingerprint density at radius 3 is 2.50 bits per heavy atom. The fourth-order valence-electron chi connectivity index (χ4n) is 3.62. The predicted octanol–water partition coefficient (Wildman–Crippen LogP) is 2.12. The molecule has 1 spiro atoms. The van der Waals surface area contributed by atoms with Gasteiger partial charge in [0.2, 0.25) is 5.91 Å². The van der Waals surface area contributed by atoms with Crippen molar-refractivity contribution in [2.45, 2.75) is 58.7 Å². The first-order valence-corrected chi connectivity index (χ1v) is 7.83. The molecule has 0 bridgehead atoms. The van der Waals surface area contributed by atoms with Crippen LogP contribution in [-0.4, -0.2) is 47.8 Å². The van der Waals surface area contributed by atoms with Crippen LogP contribution < -0.4 is 0 Å². The van der Waals surface area contributed by atoms with Gasteiger partial charge in [0.05, 0.1) is 12.2 Å². The molecule has 0 aromatic rings. The van der Waals surface area contributed by atoms with E-state index in [9.17, 15) is 9.90 Å². The maximum absolute atomic E-state index is 12.3. The molecular weight excluding hydrogens is 254 g/mol. The summed E-state index contributed by atoms with van der Waals surface area (Å²) in [5.41, 5.74) is 0.784. The van der Waals surface area contributed by atoms with Gasteiger partial charge in [-0.15, -0.1) is 0 Å². The summed E-state index contributed by atoms with van der Waals surface area (Å²) >= 11 is 0. The van der Waals surface area contributed by atoms with Gasteiger partial charge in [-0.2, -0.15) is 0 Å². The summed E-state index contributed by atoms with van der Waals surface area (Å²) in [5.74, 6) is 0.159. The van der Waals surface area contributed by atoms with Crippen LogP contribution in [-0.2, 0) is 9.53 Å². The van der Waals surface area contributed by atoms with Gasteiger partial charge in [0.25, 0.3) is 0 Å². The Kier molecular flexibility index (Phi) is 4.86. The zero-order valence-corrected chi connectivity index (χ0v) is 12.9. The van der Waals surface area contributed by atoms with Crippen molar-refractivity contribution in [1.82, 2.24) is 4.90 Å². The van der Waals surface area contributed by atoms with E-state index in [0.717, 1.165) is 44.3 Å². The monoisotopic (exact) mass is 281 g/mol. The van der Waals surface area contributed by atoms with Crippen LogP contribution in [0.4, 0.5) is 0 Å². The standard InChI is InChI=1S/C16H27NO3/c1-4-12(5-2)15(19)17-9-7-16(8-10-17)13(18)11-14(16)20-6-3/h4,13-14,18H,5-11H2,1-3H3. The number of carbonyl (C=O) groups excluding carboxylic acids is 1. The Morgan fingerprint density at radius 1 is 1.40 bits per heavy atom. The van der Waals surface area contributed by atoms with Crippen LogP contribution in [0, 0.1) is 5.41 Å². The van der Waals surface area contributed by atoms with Crippen molar-refractivity contribution in [2.24, 2.45) is 5.41 Å². The lowest BCUT2D eigenvalue weighted by atomic mass is 9.58. The molecule has 2 fully saturated rings. The number of aliphatic hydroxyl groups excluding tert-OH is 1. The quantitative estimate of drug-likeness (QED) is 0.803. The zero-order valence-electron chi connectivity index (χ0n) is 12.9. The van der Waals surface area contributed by atoms with Gasteiger partial charge in [0, 0.05) is 37.1 Å². The Bertz CT molecular complexity index is 381. The molecule has 1 aliphatic carbocycles. The van der Waals surface area contributed by atoms with Crippen LogP contribution >= 0.6 is 0 Å². The second-order valence-electron chi connectivity index (χ2n) is 5.89. The highest BCUT2D eigenvalue weighted by molar-refractivity contribution is 5.93. The van der Waals surface area contributed by atoms with E-state index in [1.54, 1.807) is 0 Å². The van der Waals surface area contributed by atoms with Gasteiger partial charge in [0.15, 0.2) is 0 Å². The number of nitrogens with zero attached hydrogens (tertiary/aromatic N) is 1. The van der Waals surface area contributed by atoms with Crippen LogP contribution in [0.1, 0.15) is 46.5 Å². The SMILES string of the molecule is CC=C(CC)C(=O)N1CCC2(CC1)C(O)CC2OCC. The largest absolute Gasteiger partial charge is 0.392 e. The van der Waals surface area contributed by atoms with Gasteiger partial charge in [-0.1, -0.05) is 13.0 Å². The van der Waals surface area contributed by atoms with Gasteiger partial charge in [-0.05, 0) is 33.1 Å². The molecule has 1 amide bonds. The van der Waals surface area contributed by atoms with E-state index in [2.05, 4.69) is 0 Å². The average Bonchev–Trinajstić information content (AvgIpc) is 2.48. The number of likely N-dealkylation sites (tertiary alicyclic amines) is 1. The van der Waals surface area contributed by atoms with Crippen molar-refractivity contribution in [3.63, 3.8) is 0 Å². The maximum atomic E-state index is 12.3. The third-order valence-corrected chi connectivity index (χ3v) is 5.10. The molecular formula is C16H27NO3. The summed E-state index contributed by atoms with van der Waals surface area (Å²) in [4.78, 5) is 14.3. The van der Waals surface area contributed by atoms with Gasteiger partial charge in [-0.3, -0.25) is 4.79 Å². The molecule has 2 rings (SSSR count). The topological polar surface area (TPSA) is 49.8 Å². The number of allylic oxidation sites excluding steroid dienone is 1. The van der Waals surface area contributed by atoms with Gasteiger partial charge in [0.1, 0.15) is 0 Å². The van der Waals surface area contributed by atoms with Crippen LogP contribution in [0.3, 0.4) is 0 Å². The van der Waals surface area contributed by atoms with Crippen molar-refractivity contribution in [1.29, 1.82) is 0 Å². The smallest absolute Gasteiger partial charge is 0.249 e. The van der Waals surface area contributed by atoms with E-state index in [1.165, 1.54) is 0 Å². The minimum atomic E-state index is -0.260. The Labute approximate surface area is 121 Å². The summed E-state index contributed by atoms with van der Waals surface area (Å²) in [5, 5.41) is 10.2. The second kappa shape index (κ2) is 6.27. The van der Waals surface area contributed by atoms with Crippen LogP contribution in [0.5, 0.6) is 0 Å². The summed E-state index contributed by atoms with van der Waals surface area (Å²) in [6, 6.07) is 0. The molecule has 2 unspecified atom stereocenters. The molecule has 4 heteroatoms. The number of carbonyl (C=O) groups is 1. The average molecular weight is 281 g/mol. The van der Waals surface area contributed by atoms with E-state index >= 15 is 0 Å². The Balaban J connectivity index is 1.97. The Hall–Kier alpha value is -0.870. The third kappa shape index (κ3) is 2.51. The van der Waals surface area contributed by atoms with Crippen LogP contribution in [0.2, 0.25) is 0 Å². The number of rotatable bonds is 4. The molecule has 1 N–H and O–H groups in total. The van der Waals surface area contributed by atoms with Gasteiger partial charge < -0.3 is 14.7 Å². The molecule has 0 aromatic carbocycles. The summed E-state index contributed by atoms with van der Waals surface area (Å²) in [6.45, 7) is 8.09. The highest BCUT2D eigenvalue weighted by Crippen LogP contribution is 2.51. The van der Waals surface area contributed by atoms with Crippen molar-refractivity contribution in [2.75, 3.05) is 19.7 Å². The molecule has 1 heterocycles. The zero-order chi connectivity index (χ0) is 14.8. The minimum Gasteiger partial charge on any atom is -0.392 e. The number of ether oxygens (including phenoxy) is 1. The van der Waals surface area contributed by atoms with E-state index in [0.29, 0.717) is 6.61 Å². The summed E-state index contributed by atoms with van der Waals surface area (Å²) in [7, 11) is 0. The lowest BCUT2D eigenvalue weighted by molar-refractivity contribution is -0.209. The fourth-order valence-corrected chi connectivity index (χ4v) is 3.62. The first-order chi connectivity index (χ1) is 9.58. The first-order valence-electron chi connectivity index (χ1n) is 7.83. The molecule has 4 nitrogen and oxygen atoms in total. The van der Waals surface area contributed by atoms with E-state index in [4.69, 9.17) is 4.74 Å². The number of hydrogen-bond donors (Lipinski definition) is 1. The van der Waals surface area contributed by atoms with Gasteiger partial charge >= 0.3 is 0 Å². The summed E-state index contributed by atoms with van der Waals surface area (Å²) in [6.07, 6.45) is 5.05. The number of amides is 1. The predicted molar refractivity (Wildman–Crippen MR) is 78.3 cm³/mol. The van der Waals surface area contributed by atoms with E-state index in [-0.39, 0.29) is 23.5 Å². The second-order valence-corrected chi connectivity index (χ2v) is 5.89. The van der Waals surface area contributed by atoms with Crippen molar-refractivity contribution in [3.8, 4) is 0 Å². The highest BCUT2D eigenvalue weighted by atomic mass is 16.5. The lowest BCUT2D eigenvalue weighted by Crippen LogP contribution is -2.62. The molecule has 20 heavy (non-hydrogen) atoms. The number of piperidine rings is 1. The molecule has 114 valence electrons. The summed E-state index contributed by atoms with van der Waals surface area (Å²) < 4.78 is 5.75. The van der Waals surface area contributed by atoms with E-state index in [1.807, 2.05) is 31.7 Å². The molecule has 1 aliphatic heterocycles. The van der Waals surface area contributed by atoms with Gasteiger partial charge in [-0.25, -0.2) is 0 Å². The van der Waals surface area contributed by atoms with Crippen molar-refractivity contribution in [3.05, 3.63) is 11.6 Å². The molecule has 2 aliphatic rings. The Morgan fingerprint density at radius 2 is 2.05 bits per heavy atom. The minimum absolute atomic E-state index is 0.102. The molecule has 0 aromatic heterocycles. The normalized spacial score (nSPS) is 29.4. The number of hydrogen-bond acceptors (Lipinski definition) is 3. The number of aliphatic hydroxyl groups is 1. The van der Waals surface area contributed by atoms with Crippen molar-refractivity contribution >= 4 is 5.91 Å². The molecule has 2 atom stereocenters. The molecule has 1 saturated carbocycles. The first kappa shape index (κ1) is 15.5. The molecule has 1 saturated heterocycles. The van der Waals surface area contributed by atoms with Crippen LogP contribution in [0.15, 0.2) is 11.6 Å². The van der Waals surface area contributed by atoms with Crippen LogP contribution in [0.25, 0.3) is 0 Å². The van der Waals surface area contributed by atoms with E-state index < -0.39 is 0 Å². The lowest BCUT2D eigenvalue weighted by Gasteiger charge is -2.56. The third-order valence-electron chi connectivity index (χ3n) is 5.10. The van der Waals surface area contributed by atoms with Crippen molar-refractivity contribution < 1.29 is 14.6 Å². The maximum Gasteiger partial charge on any atom is 0.249 e.